The van der Waals surface area contributed by atoms with E-state index in [0.29, 0.717) is 0 Å². The van der Waals surface area contributed by atoms with Crippen LogP contribution in [-0.4, -0.2) is 64.6 Å². The molecule has 0 saturated carbocycles. The second kappa shape index (κ2) is 9.17. The Kier molecular flexibility index (Phi) is 7.39. The standard InChI is InChI=1S/C20H30O8/c1-5-20(4)8-6-7-11(2)13(20)9-15(22)28-19-18(25)17(24)16(23)14(27-19)10-26-12(3)21/h5,14,16-19,23-25H,1,6-10H2,2-4H3/t14-,16-,17+,18-,19+,20-/m1/s1. The van der Waals surface area contributed by atoms with Crippen molar-refractivity contribution in [3.8, 4) is 0 Å². The Bertz CT molecular complexity index is 642. The largest absolute Gasteiger partial charge is 0.463 e. The Labute approximate surface area is 164 Å². The van der Waals surface area contributed by atoms with Crippen LogP contribution in [0.4, 0.5) is 0 Å². The van der Waals surface area contributed by atoms with Gasteiger partial charge in [-0.25, -0.2) is 0 Å². The van der Waals surface area contributed by atoms with Gasteiger partial charge in [0, 0.05) is 12.3 Å². The van der Waals surface area contributed by atoms with E-state index in [0.717, 1.165) is 30.4 Å². The molecule has 0 aromatic rings. The van der Waals surface area contributed by atoms with E-state index < -0.39 is 42.6 Å². The van der Waals surface area contributed by atoms with Gasteiger partial charge in [-0.15, -0.1) is 6.58 Å². The molecular weight excluding hydrogens is 368 g/mol. The molecule has 1 saturated heterocycles. The summed E-state index contributed by atoms with van der Waals surface area (Å²) in [6, 6.07) is 0. The van der Waals surface area contributed by atoms with Gasteiger partial charge in [0.15, 0.2) is 0 Å². The summed E-state index contributed by atoms with van der Waals surface area (Å²) < 4.78 is 15.4. The molecule has 158 valence electrons. The third kappa shape index (κ3) is 5.00. The summed E-state index contributed by atoms with van der Waals surface area (Å²) in [7, 11) is 0. The van der Waals surface area contributed by atoms with Crippen molar-refractivity contribution in [2.75, 3.05) is 6.61 Å². The number of aliphatic hydroxyl groups is 3. The molecule has 1 aliphatic carbocycles. The molecule has 0 aromatic heterocycles. The molecule has 1 aliphatic heterocycles. The van der Waals surface area contributed by atoms with E-state index in [-0.39, 0.29) is 18.4 Å². The molecule has 1 fully saturated rings. The highest BCUT2D eigenvalue weighted by atomic mass is 16.7. The van der Waals surface area contributed by atoms with Crippen LogP contribution in [0.2, 0.25) is 0 Å². The van der Waals surface area contributed by atoms with Crippen LogP contribution in [0.5, 0.6) is 0 Å². The highest BCUT2D eigenvalue weighted by Gasteiger charge is 2.46. The van der Waals surface area contributed by atoms with Gasteiger partial charge >= 0.3 is 11.9 Å². The molecule has 8 heteroatoms. The molecule has 6 atom stereocenters. The van der Waals surface area contributed by atoms with Gasteiger partial charge in [-0.05, 0) is 26.2 Å². The first-order valence-electron chi connectivity index (χ1n) is 9.44. The van der Waals surface area contributed by atoms with Crippen molar-refractivity contribution in [1.29, 1.82) is 0 Å². The highest BCUT2D eigenvalue weighted by Crippen LogP contribution is 2.43. The van der Waals surface area contributed by atoms with Crippen molar-refractivity contribution in [3.05, 3.63) is 23.8 Å². The maximum absolute atomic E-state index is 12.5. The Morgan fingerprint density at radius 1 is 1.29 bits per heavy atom. The van der Waals surface area contributed by atoms with E-state index in [4.69, 9.17) is 14.2 Å². The van der Waals surface area contributed by atoms with Crippen molar-refractivity contribution < 1.29 is 39.1 Å². The van der Waals surface area contributed by atoms with Crippen LogP contribution in [0.15, 0.2) is 23.8 Å². The first-order chi connectivity index (χ1) is 13.1. The molecule has 0 unspecified atom stereocenters. The number of carbonyl (C=O) groups is 2. The summed E-state index contributed by atoms with van der Waals surface area (Å²) >= 11 is 0. The lowest BCUT2D eigenvalue weighted by atomic mass is 9.70. The van der Waals surface area contributed by atoms with Gasteiger partial charge in [-0.3, -0.25) is 9.59 Å². The van der Waals surface area contributed by atoms with Crippen molar-refractivity contribution in [2.45, 2.75) is 77.2 Å². The van der Waals surface area contributed by atoms with E-state index >= 15 is 0 Å². The van der Waals surface area contributed by atoms with Crippen LogP contribution in [-0.2, 0) is 23.8 Å². The van der Waals surface area contributed by atoms with Crippen LogP contribution < -0.4 is 0 Å². The molecule has 0 radical (unpaired) electrons. The Hall–Kier alpha value is -1.74. The molecular formula is C20H30O8. The van der Waals surface area contributed by atoms with Gasteiger partial charge in [-0.2, -0.15) is 0 Å². The van der Waals surface area contributed by atoms with Crippen LogP contribution in [0.1, 0.15) is 46.5 Å². The fourth-order valence-corrected chi connectivity index (χ4v) is 3.75. The molecule has 2 aliphatic rings. The first-order valence-corrected chi connectivity index (χ1v) is 9.44. The fraction of sp³-hybridized carbons (Fsp3) is 0.700. The number of hydrogen-bond donors (Lipinski definition) is 3. The van der Waals surface area contributed by atoms with Crippen molar-refractivity contribution in [1.82, 2.24) is 0 Å². The molecule has 0 aromatic carbocycles. The lowest BCUT2D eigenvalue weighted by molar-refractivity contribution is -0.293. The fourth-order valence-electron chi connectivity index (χ4n) is 3.75. The third-order valence-corrected chi connectivity index (χ3v) is 5.59. The monoisotopic (exact) mass is 398 g/mol. The molecule has 0 spiro atoms. The average Bonchev–Trinajstić information content (AvgIpc) is 2.64. The summed E-state index contributed by atoms with van der Waals surface area (Å²) in [5.41, 5.74) is 1.74. The van der Waals surface area contributed by atoms with Gasteiger partial charge in [-0.1, -0.05) is 24.1 Å². The normalized spacial score (nSPS) is 36.0. The van der Waals surface area contributed by atoms with Crippen LogP contribution in [0, 0.1) is 5.41 Å². The van der Waals surface area contributed by atoms with E-state index in [1.807, 2.05) is 19.9 Å². The van der Waals surface area contributed by atoms with E-state index in [1.54, 1.807) is 0 Å². The molecule has 0 bridgehead atoms. The SMILES string of the molecule is C=C[C@]1(C)CCCC(C)=C1CC(=O)O[C@@H]1O[C@H](COC(C)=O)[C@@H](O)[C@H](O)[C@H]1O. The van der Waals surface area contributed by atoms with Crippen molar-refractivity contribution >= 4 is 11.9 Å². The highest BCUT2D eigenvalue weighted by molar-refractivity contribution is 5.73. The minimum absolute atomic E-state index is 0.00813. The van der Waals surface area contributed by atoms with E-state index in [1.165, 1.54) is 6.92 Å². The predicted octanol–water partition coefficient (Wildman–Crippen LogP) is 0.983. The third-order valence-electron chi connectivity index (χ3n) is 5.59. The maximum atomic E-state index is 12.5. The van der Waals surface area contributed by atoms with E-state index in [9.17, 15) is 24.9 Å². The first kappa shape index (κ1) is 22.5. The van der Waals surface area contributed by atoms with Gasteiger partial charge in [0.2, 0.25) is 6.29 Å². The molecule has 1 heterocycles. The van der Waals surface area contributed by atoms with Gasteiger partial charge < -0.3 is 29.5 Å². The molecule has 0 amide bonds. The van der Waals surface area contributed by atoms with Crippen LogP contribution in [0.25, 0.3) is 0 Å². The number of carbonyl (C=O) groups excluding carboxylic acids is 2. The second-order valence-electron chi connectivity index (χ2n) is 7.72. The van der Waals surface area contributed by atoms with E-state index in [2.05, 4.69) is 6.58 Å². The predicted molar refractivity (Wildman–Crippen MR) is 98.9 cm³/mol. The van der Waals surface area contributed by atoms with Crippen LogP contribution in [0.3, 0.4) is 0 Å². The smallest absolute Gasteiger partial charge is 0.312 e. The number of aliphatic hydroxyl groups excluding tert-OH is 3. The molecule has 28 heavy (non-hydrogen) atoms. The van der Waals surface area contributed by atoms with Gasteiger partial charge in [0.1, 0.15) is 31.0 Å². The lowest BCUT2D eigenvalue weighted by Crippen LogP contribution is -2.59. The number of esters is 2. The second-order valence-corrected chi connectivity index (χ2v) is 7.72. The summed E-state index contributed by atoms with van der Waals surface area (Å²) in [5.74, 6) is -1.21. The Morgan fingerprint density at radius 3 is 2.57 bits per heavy atom. The zero-order chi connectivity index (χ0) is 21.1. The molecule has 2 rings (SSSR count). The summed E-state index contributed by atoms with van der Waals surface area (Å²) in [5, 5.41) is 30.1. The number of allylic oxidation sites excluding steroid dienone is 2. The number of rotatable bonds is 6. The van der Waals surface area contributed by atoms with Crippen LogP contribution >= 0.6 is 0 Å². The van der Waals surface area contributed by atoms with Crippen molar-refractivity contribution in [3.63, 3.8) is 0 Å². The summed E-state index contributed by atoms with van der Waals surface area (Å²) in [6.07, 6.45) is -2.71. The quantitative estimate of drug-likeness (QED) is 0.447. The number of hydrogen-bond acceptors (Lipinski definition) is 8. The Balaban J connectivity index is 2.07. The minimum Gasteiger partial charge on any atom is -0.463 e. The molecule has 8 nitrogen and oxygen atoms in total. The van der Waals surface area contributed by atoms with Gasteiger partial charge in [0.05, 0.1) is 6.42 Å². The minimum atomic E-state index is -1.63. The average molecular weight is 398 g/mol. The summed E-state index contributed by atoms with van der Waals surface area (Å²) in [6.45, 7) is 8.73. The topological polar surface area (TPSA) is 123 Å². The van der Waals surface area contributed by atoms with Gasteiger partial charge in [0.25, 0.3) is 0 Å². The zero-order valence-electron chi connectivity index (χ0n) is 16.6. The zero-order valence-corrected chi connectivity index (χ0v) is 16.6. The number of ether oxygens (including phenoxy) is 3. The maximum Gasteiger partial charge on any atom is 0.312 e. The molecule has 3 N–H and O–H groups in total. The summed E-state index contributed by atoms with van der Waals surface area (Å²) in [4.78, 5) is 23.5. The Morgan fingerprint density at radius 2 is 1.96 bits per heavy atom. The lowest BCUT2D eigenvalue weighted by Gasteiger charge is -2.40. The van der Waals surface area contributed by atoms with Crippen molar-refractivity contribution in [2.24, 2.45) is 5.41 Å².